The Kier molecular flexibility index (Phi) is 3.55. The zero-order valence-electron chi connectivity index (χ0n) is 11.8. The van der Waals surface area contributed by atoms with Gasteiger partial charge in [0.25, 0.3) is 0 Å². The second kappa shape index (κ2) is 5.37. The largest absolute Gasteiger partial charge is 0.396 e. The molecule has 0 bridgehead atoms. The van der Waals surface area contributed by atoms with Gasteiger partial charge >= 0.3 is 0 Å². The number of aromatic nitrogens is 3. The summed E-state index contributed by atoms with van der Waals surface area (Å²) < 4.78 is 15.4. The van der Waals surface area contributed by atoms with Gasteiger partial charge in [0.05, 0.1) is 11.4 Å². The van der Waals surface area contributed by atoms with Crippen LogP contribution in [0.15, 0.2) is 35.4 Å². The third-order valence-electron chi connectivity index (χ3n) is 3.17. The molecule has 3 aromatic rings. The zero-order valence-corrected chi connectivity index (χ0v) is 12.6. The number of nitrogens with two attached hydrogens (primary N) is 1. The Morgan fingerprint density at radius 2 is 2.05 bits per heavy atom. The third kappa shape index (κ3) is 2.85. The van der Waals surface area contributed by atoms with Gasteiger partial charge in [-0.15, -0.1) is 11.8 Å². The number of hydrogen-bond donors (Lipinski definition) is 1. The summed E-state index contributed by atoms with van der Waals surface area (Å²) in [6.45, 7) is 3.98. The quantitative estimate of drug-likeness (QED) is 0.595. The summed E-state index contributed by atoms with van der Waals surface area (Å²) in [5.74, 6) is 0.973. The van der Waals surface area contributed by atoms with E-state index >= 15 is 0 Å². The van der Waals surface area contributed by atoms with Crippen molar-refractivity contribution in [2.24, 2.45) is 0 Å². The lowest BCUT2D eigenvalue weighted by atomic mass is 10.3. The van der Waals surface area contributed by atoms with Gasteiger partial charge in [0.1, 0.15) is 5.82 Å². The van der Waals surface area contributed by atoms with E-state index in [9.17, 15) is 4.39 Å². The van der Waals surface area contributed by atoms with Crippen molar-refractivity contribution in [3.05, 3.63) is 53.4 Å². The minimum atomic E-state index is -0.386. The highest BCUT2D eigenvalue weighted by atomic mass is 32.2. The van der Waals surface area contributed by atoms with Gasteiger partial charge in [-0.05, 0) is 38.1 Å². The van der Waals surface area contributed by atoms with Crippen LogP contribution in [0.4, 0.5) is 10.1 Å². The zero-order chi connectivity index (χ0) is 15.0. The number of benzene rings is 1. The molecule has 0 fully saturated rings. The van der Waals surface area contributed by atoms with Gasteiger partial charge in [0.2, 0.25) is 5.78 Å². The summed E-state index contributed by atoms with van der Waals surface area (Å²) in [6, 6.07) is 6.85. The first kappa shape index (κ1) is 13.9. The number of anilines is 1. The molecule has 2 aromatic heterocycles. The van der Waals surface area contributed by atoms with E-state index in [4.69, 9.17) is 5.73 Å². The highest BCUT2D eigenvalue weighted by molar-refractivity contribution is 7.98. The maximum atomic E-state index is 13.4. The second-order valence-corrected chi connectivity index (χ2v) is 5.96. The number of aryl methyl sites for hydroxylation is 2. The molecule has 0 saturated carbocycles. The molecule has 0 amide bonds. The van der Waals surface area contributed by atoms with Crippen LogP contribution in [0.25, 0.3) is 5.78 Å². The van der Waals surface area contributed by atoms with Crippen molar-refractivity contribution < 1.29 is 4.39 Å². The number of nitrogens with zero attached hydrogens (tertiary/aromatic N) is 3. The van der Waals surface area contributed by atoms with E-state index < -0.39 is 0 Å². The Hall–Kier alpha value is -2.08. The highest BCUT2D eigenvalue weighted by Gasteiger charge is 2.07. The van der Waals surface area contributed by atoms with Crippen molar-refractivity contribution in [1.29, 1.82) is 0 Å². The molecule has 21 heavy (non-hydrogen) atoms. The van der Waals surface area contributed by atoms with Crippen LogP contribution in [-0.2, 0) is 5.75 Å². The molecule has 1 aromatic carbocycles. The van der Waals surface area contributed by atoms with E-state index in [0.29, 0.717) is 11.5 Å². The number of nitrogen functional groups attached to an aromatic ring is 1. The van der Waals surface area contributed by atoms with Gasteiger partial charge in [-0.3, -0.25) is 4.40 Å². The molecule has 0 unspecified atom stereocenters. The topological polar surface area (TPSA) is 56.2 Å². The van der Waals surface area contributed by atoms with Gasteiger partial charge < -0.3 is 5.73 Å². The Labute approximate surface area is 126 Å². The van der Waals surface area contributed by atoms with E-state index in [2.05, 4.69) is 9.97 Å². The lowest BCUT2D eigenvalue weighted by Gasteiger charge is -2.01. The number of halogens is 1. The van der Waals surface area contributed by atoms with Gasteiger partial charge in [0.15, 0.2) is 0 Å². The maximum Gasteiger partial charge on any atom is 0.234 e. The molecular formula is C15H15FN4S. The molecule has 3 rings (SSSR count). The van der Waals surface area contributed by atoms with E-state index in [-0.39, 0.29) is 11.5 Å². The molecule has 0 aliphatic rings. The van der Waals surface area contributed by atoms with Crippen molar-refractivity contribution in [2.75, 3.05) is 5.73 Å². The second-order valence-electron chi connectivity index (χ2n) is 4.91. The fourth-order valence-corrected chi connectivity index (χ4v) is 2.95. The maximum absolute atomic E-state index is 13.4. The summed E-state index contributed by atoms with van der Waals surface area (Å²) in [7, 11) is 0. The Bertz CT molecular complexity index is 813. The first-order valence-electron chi connectivity index (χ1n) is 6.53. The SMILES string of the molecule is Cc1cc(C)n2cc(CSc3ccc(N)c(F)c3)nc2n1. The van der Waals surface area contributed by atoms with Crippen LogP contribution in [0.3, 0.4) is 0 Å². The van der Waals surface area contributed by atoms with Gasteiger partial charge in [-0.25, -0.2) is 14.4 Å². The summed E-state index contributed by atoms with van der Waals surface area (Å²) >= 11 is 1.52. The van der Waals surface area contributed by atoms with Crippen LogP contribution < -0.4 is 5.73 Å². The number of rotatable bonds is 3. The molecule has 0 spiro atoms. The molecule has 0 aliphatic carbocycles. The molecule has 4 nitrogen and oxygen atoms in total. The third-order valence-corrected chi connectivity index (χ3v) is 4.20. The molecule has 0 radical (unpaired) electrons. The predicted molar refractivity (Wildman–Crippen MR) is 82.8 cm³/mol. The summed E-state index contributed by atoms with van der Waals surface area (Å²) in [6.07, 6.45) is 1.97. The molecule has 0 aliphatic heterocycles. The Balaban J connectivity index is 1.82. The van der Waals surface area contributed by atoms with Crippen LogP contribution in [-0.4, -0.2) is 14.4 Å². The molecule has 108 valence electrons. The summed E-state index contributed by atoms with van der Waals surface area (Å²) in [5.41, 5.74) is 8.60. The van der Waals surface area contributed by atoms with Crippen LogP contribution in [0.2, 0.25) is 0 Å². The molecule has 0 atom stereocenters. The fraction of sp³-hybridized carbons (Fsp3) is 0.200. The minimum Gasteiger partial charge on any atom is -0.396 e. The lowest BCUT2D eigenvalue weighted by Crippen LogP contribution is -1.94. The average Bonchev–Trinajstić information content (AvgIpc) is 2.83. The molecule has 2 heterocycles. The number of fused-ring (bicyclic) bond motifs is 1. The Morgan fingerprint density at radius 1 is 1.24 bits per heavy atom. The molecular weight excluding hydrogens is 287 g/mol. The standard InChI is InChI=1S/C15H15FN4S/c1-9-5-10(2)20-7-11(19-15(20)18-9)8-21-12-3-4-14(17)13(16)6-12/h3-7H,8,17H2,1-2H3. The number of thioether (sulfide) groups is 1. The average molecular weight is 302 g/mol. The van der Waals surface area contributed by atoms with Crippen molar-refractivity contribution in [1.82, 2.24) is 14.4 Å². The smallest absolute Gasteiger partial charge is 0.234 e. The molecule has 2 N–H and O–H groups in total. The predicted octanol–water partition coefficient (Wildman–Crippen LogP) is 3.36. The molecule has 6 heteroatoms. The highest BCUT2D eigenvalue weighted by Crippen LogP contribution is 2.25. The van der Waals surface area contributed by atoms with Crippen molar-refractivity contribution >= 4 is 23.2 Å². The van der Waals surface area contributed by atoms with E-state index in [0.717, 1.165) is 22.0 Å². The first-order chi connectivity index (χ1) is 10.0. The Morgan fingerprint density at radius 3 is 2.81 bits per heavy atom. The monoisotopic (exact) mass is 302 g/mol. The normalized spacial score (nSPS) is 11.2. The minimum absolute atomic E-state index is 0.169. The van der Waals surface area contributed by atoms with E-state index in [1.807, 2.05) is 36.6 Å². The van der Waals surface area contributed by atoms with Gasteiger partial charge in [-0.1, -0.05) is 0 Å². The molecule has 0 saturated heterocycles. The van der Waals surface area contributed by atoms with Gasteiger partial charge in [0, 0.05) is 28.2 Å². The lowest BCUT2D eigenvalue weighted by molar-refractivity contribution is 0.629. The van der Waals surface area contributed by atoms with E-state index in [1.54, 1.807) is 6.07 Å². The van der Waals surface area contributed by atoms with Crippen molar-refractivity contribution in [3.63, 3.8) is 0 Å². The summed E-state index contributed by atoms with van der Waals surface area (Å²) in [4.78, 5) is 9.74. The van der Waals surface area contributed by atoms with Crippen LogP contribution in [0.1, 0.15) is 17.1 Å². The number of imidazole rings is 1. The van der Waals surface area contributed by atoms with Crippen LogP contribution in [0, 0.1) is 19.7 Å². The number of hydrogen-bond acceptors (Lipinski definition) is 4. The van der Waals surface area contributed by atoms with Crippen molar-refractivity contribution in [2.45, 2.75) is 24.5 Å². The van der Waals surface area contributed by atoms with E-state index in [1.165, 1.54) is 17.8 Å². The fourth-order valence-electron chi connectivity index (χ4n) is 2.14. The van der Waals surface area contributed by atoms with Crippen LogP contribution >= 0.6 is 11.8 Å². The first-order valence-corrected chi connectivity index (χ1v) is 7.51. The van der Waals surface area contributed by atoms with Crippen molar-refractivity contribution in [3.8, 4) is 0 Å². The van der Waals surface area contributed by atoms with Crippen LogP contribution in [0.5, 0.6) is 0 Å². The summed E-state index contributed by atoms with van der Waals surface area (Å²) in [5, 5.41) is 0. The van der Waals surface area contributed by atoms with Gasteiger partial charge in [-0.2, -0.15) is 0 Å².